The molecular formula is C29H27FN2O3S. The topological polar surface area (TPSA) is 66.5 Å². The van der Waals surface area contributed by atoms with Crippen LogP contribution in [0.1, 0.15) is 38.7 Å². The van der Waals surface area contributed by atoms with E-state index in [4.69, 9.17) is 0 Å². The second-order valence-electron chi connectivity index (χ2n) is 8.62. The molecular weight excluding hydrogens is 475 g/mol. The summed E-state index contributed by atoms with van der Waals surface area (Å²) < 4.78 is 39.5. The van der Waals surface area contributed by atoms with Crippen LogP contribution < -0.4 is 9.62 Å². The number of aryl methyl sites for hydroxylation is 1. The maximum absolute atomic E-state index is 13.3. The van der Waals surface area contributed by atoms with E-state index in [0.29, 0.717) is 16.8 Å². The Morgan fingerprint density at radius 1 is 0.861 bits per heavy atom. The normalized spacial score (nSPS) is 12.1. The number of hydrogen-bond acceptors (Lipinski definition) is 3. The van der Waals surface area contributed by atoms with E-state index in [2.05, 4.69) is 5.32 Å². The van der Waals surface area contributed by atoms with Crippen LogP contribution in [-0.2, 0) is 16.6 Å². The zero-order chi connectivity index (χ0) is 25.7. The van der Waals surface area contributed by atoms with Crippen molar-refractivity contribution in [1.82, 2.24) is 5.32 Å². The highest BCUT2D eigenvalue weighted by molar-refractivity contribution is 7.92. The molecule has 0 aliphatic carbocycles. The Morgan fingerprint density at radius 2 is 1.47 bits per heavy atom. The van der Waals surface area contributed by atoms with Crippen molar-refractivity contribution in [3.63, 3.8) is 0 Å². The average Bonchev–Trinajstić information content (AvgIpc) is 2.87. The fourth-order valence-electron chi connectivity index (χ4n) is 4.05. The molecule has 4 aromatic carbocycles. The van der Waals surface area contributed by atoms with Gasteiger partial charge < -0.3 is 5.32 Å². The molecule has 5 nitrogen and oxygen atoms in total. The lowest BCUT2D eigenvalue weighted by atomic mass is 9.94. The lowest BCUT2D eigenvalue weighted by Crippen LogP contribution is -2.30. The molecule has 0 saturated heterocycles. The van der Waals surface area contributed by atoms with E-state index >= 15 is 0 Å². The minimum atomic E-state index is -3.62. The number of sulfonamides is 1. The van der Waals surface area contributed by atoms with Crippen LogP contribution in [0.4, 0.5) is 10.1 Å². The first kappa shape index (κ1) is 25.1. The standard InChI is InChI=1S/C29H27FN2O3S/c1-21-8-6-7-11-27(21)28(23-9-4-3-5-10-23)31-29(33)24-14-18-26(19-15-24)32(36(2,34)35)20-22-12-16-25(30)17-13-22/h3-19,28H,20H2,1-2H3,(H,31,33)/t28-/m0/s1. The summed E-state index contributed by atoms with van der Waals surface area (Å²) in [6.07, 6.45) is 1.11. The predicted octanol–water partition coefficient (Wildman–Crippen LogP) is 5.62. The van der Waals surface area contributed by atoms with E-state index in [1.54, 1.807) is 36.4 Å². The van der Waals surface area contributed by atoms with Gasteiger partial charge in [0.05, 0.1) is 24.5 Å². The summed E-state index contributed by atoms with van der Waals surface area (Å²) in [5.41, 5.74) is 4.48. The van der Waals surface area contributed by atoms with Crippen molar-refractivity contribution in [2.24, 2.45) is 0 Å². The second-order valence-corrected chi connectivity index (χ2v) is 10.5. The fraction of sp³-hybridized carbons (Fsp3) is 0.138. The first-order valence-corrected chi connectivity index (χ1v) is 13.3. The van der Waals surface area contributed by atoms with Crippen molar-refractivity contribution in [3.8, 4) is 0 Å². The first-order chi connectivity index (χ1) is 17.2. The Labute approximate surface area is 211 Å². The van der Waals surface area contributed by atoms with Gasteiger partial charge in [0.15, 0.2) is 0 Å². The predicted molar refractivity (Wildman–Crippen MR) is 141 cm³/mol. The summed E-state index contributed by atoms with van der Waals surface area (Å²) in [6.45, 7) is 2.06. The zero-order valence-electron chi connectivity index (χ0n) is 20.1. The number of amides is 1. The van der Waals surface area contributed by atoms with E-state index in [0.717, 1.165) is 22.9 Å². The third-order valence-electron chi connectivity index (χ3n) is 5.97. The molecule has 4 rings (SSSR count). The van der Waals surface area contributed by atoms with Crippen molar-refractivity contribution < 1.29 is 17.6 Å². The molecule has 0 bridgehead atoms. The molecule has 1 atom stereocenters. The monoisotopic (exact) mass is 502 g/mol. The molecule has 0 aliphatic heterocycles. The Bertz CT molecular complexity index is 1440. The van der Waals surface area contributed by atoms with Crippen molar-refractivity contribution in [2.45, 2.75) is 19.5 Å². The molecule has 0 aliphatic rings. The molecule has 0 aromatic heterocycles. The molecule has 0 spiro atoms. The molecule has 36 heavy (non-hydrogen) atoms. The quantitative estimate of drug-likeness (QED) is 0.340. The van der Waals surface area contributed by atoms with Crippen LogP contribution >= 0.6 is 0 Å². The summed E-state index contributed by atoms with van der Waals surface area (Å²) in [5.74, 6) is -0.664. The Morgan fingerprint density at radius 3 is 2.08 bits per heavy atom. The maximum atomic E-state index is 13.3. The van der Waals surface area contributed by atoms with Gasteiger partial charge in [0.1, 0.15) is 5.82 Å². The fourth-order valence-corrected chi connectivity index (χ4v) is 4.93. The largest absolute Gasteiger partial charge is 0.341 e. The van der Waals surface area contributed by atoms with Gasteiger partial charge in [-0.1, -0.05) is 66.7 Å². The van der Waals surface area contributed by atoms with Gasteiger partial charge in [-0.25, -0.2) is 12.8 Å². The first-order valence-electron chi connectivity index (χ1n) is 11.5. The number of rotatable bonds is 8. The number of anilines is 1. The van der Waals surface area contributed by atoms with Crippen LogP contribution in [0, 0.1) is 12.7 Å². The number of benzene rings is 4. The average molecular weight is 503 g/mol. The van der Waals surface area contributed by atoms with Gasteiger partial charge in [0.25, 0.3) is 5.91 Å². The smallest absolute Gasteiger partial charge is 0.252 e. The Balaban J connectivity index is 1.58. The van der Waals surface area contributed by atoms with E-state index in [1.165, 1.54) is 16.4 Å². The minimum absolute atomic E-state index is 0.0496. The summed E-state index contributed by atoms with van der Waals surface area (Å²) in [4.78, 5) is 13.2. The van der Waals surface area contributed by atoms with Crippen LogP contribution in [0.3, 0.4) is 0 Å². The SMILES string of the molecule is Cc1ccccc1[C@@H](NC(=O)c1ccc(N(Cc2ccc(F)cc2)S(C)(=O)=O)cc1)c1ccccc1. The Kier molecular flexibility index (Phi) is 7.50. The zero-order valence-corrected chi connectivity index (χ0v) is 20.9. The minimum Gasteiger partial charge on any atom is -0.341 e. The van der Waals surface area contributed by atoms with Crippen molar-refractivity contribution in [1.29, 1.82) is 0 Å². The second kappa shape index (κ2) is 10.7. The van der Waals surface area contributed by atoms with Gasteiger partial charge >= 0.3 is 0 Å². The molecule has 4 aromatic rings. The van der Waals surface area contributed by atoms with Gasteiger partial charge in [-0.05, 0) is 65.6 Å². The molecule has 1 N–H and O–H groups in total. The van der Waals surface area contributed by atoms with E-state index in [-0.39, 0.29) is 24.3 Å². The van der Waals surface area contributed by atoms with E-state index in [9.17, 15) is 17.6 Å². The van der Waals surface area contributed by atoms with Crippen LogP contribution in [0.2, 0.25) is 0 Å². The van der Waals surface area contributed by atoms with Crippen LogP contribution in [0.5, 0.6) is 0 Å². The Hall–Kier alpha value is -3.97. The highest BCUT2D eigenvalue weighted by Crippen LogP contribution is 2.26. The molecule has 0 radical (unpaired) electrons. The van der Waals surface area contributed by atoms with Crippen LogP contribution in [0.25, 0.3) is 0 Å². The summed E-state index contributed by atoms with van der Waals surface area (Å²) in [7, 11) is -3.62. The molecule has 0 fully saturated rings. The number of carbonyl (C=O) groups excluding carboxylic acids is 1. The third-order valence-corrected chi connectivity index (χ3v) is 7.11. The van der Waals surface area contributed by atoms with Gasteiger partial charge in [0.2, 0.25) is 10.0 Å². The molecule has 1 amide bonds. The van der Waals surface area contributed by atoms with E-state index in [1.807, 2.05) is 61.5 Å². The number of carbonyl (C=O) groups is 1. The summed E-state index contributed by atoms with van der Waals surface area (Å²) in [5, 5.41) is 3.12. The van der Waals surface area contributed by atoms with Crippen molar-refractivity contribution >= 4 is 21.6 Å². The highest BCUT2D eigenvalue weighted by Gasteiger charge is 2.21. The number of halogens is 1. The molecule has 0 heterocycles. The van der Waals surface area contributed by atoms with Crippen LogP contribution in [-0.4, -0.2) is 20.6 Å². The van der Waals surface area contributed by atoms with Gasteiger partial charge in [-0.3, -0.25) is 9.10 Å². The van der Waals surface area contributed by atoms with Gasteiger partial charge in [-0.2, -0.15) is 0 Å². The van der Waals surface area contributed by atoms with Crippen LogP contribution in [0.15, 0.2) is 103 Å². The molecule has 0 unspecified atom stereocenters. The number of nitrogens with zero attached hydrogens (tertiary/aromatic N) is 1. The van der Waals surface area contributed by atoms with Gasteiger partial charge in [-0.15, -0.1) is 0 Å². The molecule has 0 saturated carbocycles. The lowest BCUT2D eigenvalue weighted by molar-refractivity contribution is 0.0943. The molecule has 7 heteroatoms. The third kappa shape index (κ3) is 5.98. The maximum Gasteiger partial charge on any atom is 0.252 e. The molecule has 184 valence electrons. The van der Waals surface area contributed by atoms with Gasteiger partial charge in [0, 0.05) is 5.56 Å². The van der Waals surface area contributed by atoms with E-state index < -0.39 is 10.0 Å². The summed E-state index contributed by atoms with van der Waals surface area (Å²) >= 11 is 0. The number of nitrogens with one attached hydrogen (secondary N) is 1. The highest BCUT2D eigenvalue weighted by atomic mass is 32.2. The number of hydrogen-bond donors (Lipinski definition) is 1. The van der Waals surface area contributed by atoms with Crippen molar-refractivity contribution in [2.75, 3.05) is 10.6 Å². The lowest BCUT2D eigenvalue weighted by Gasteiger charge is -2.23. The summed E-state index contributed by atoms with van der Waals surface area (Å²) in [6, 6.07) is 29.4. The van der Waals surface area contributed by atoms with Crippen molar-refractivity contribution in [3.05, 3.63) is 137 Å².